The van der Waals surface area contributed by atoms with Crippen LogP contribution in [0.5, 0.6) is 0 Å². The lowest BCUT2D eigenvalue weighted by Crippen LogP contribution is -2.42. The largest absolute Gasteiger partial charge is 0.372 e. The van der Waals surface area contributed by atoms with Crippen LogP contribution in [0.1, 0.15) is 11.1 Å². The van der Waals surface area contributed by atoms with Gasteiger partial charge in [0.2, 0.25) is 10.0 Å². The fourth-order valence-electron chi connectivity index (χ4n) is 2.15. The van der Waals surface area contributed by atoms with Gasteiger partial charge in [-0.05, 0) is 17.7 Å². The third-order valence-corrected chi connectivity index (χ3v) is 3.82. The van der Waals surface area contributed by atoms with Gasteiger partial charge in [0, 0.05) is 5.56 Å². The lowest BCUT2D eigenvalue weighted by Gasteiger charge is -2.26. The van der Waals surface area contributed by atoms with E-state index < -0.39 is 27.3 Å². The Morgan fingerprint density at radius 3 is 2.26 bits per heavy atom. The van der Waals surface area contributed by atoms with Crippen molar-refractivity contribution in [1.82, 2.24) is 0 Å². The molecule has 0 radical (unpaired) electrons. The summed E-state index contributed by atoms with van der Waals surface area (Å²) < 4.78 is 38.4. The molecule has 0 spiro atoms. The van der Waals surface area contributed by atoms with Crippen molar-refractivity contribution in [3.8, 4) is 0 Å². The molecule has 0 aliphatic heterocycles. The molecule has 6 nitrogen and oxygen atoms in total. The summed E-state index contributed by atoms with van der Waals surface area (Å²) in [6, 6.07) is 11.0. The number of amides is 1. The molecule has 8 heteroatoms. The Labute approximate surface area is 132 Å². The van der Waals surface area contributed by atoms with Crippen molar-refractivity contribution in [2.45, 2.75) is 5.60 Å². The van der Waals surface area contributed by atoms with E-state index in [-0.39, 0.29) is 16.8 Å². The van der Waals surface area contributed by atoms with Gasteiger partial charge in [-0.1, -0.05) is 36.4 Å². The van der Waals surface area contributed by atoms with Gasteiger partial charge in [0.05, 0.1) is 11.9 Å². The highest BCUT2D eigenvalue weighted by atomic mass is 32.2. The van der Waals surface area contributed by atoms with Gasteiger partial charge >= 0.3 is 0 Å². The van der Waals surface area contributed by atoms with E-state index >= 15 is 0 Å². The first-order valence-electron chi connectivity index (χ1n) is 6.50. The highest BCUT2D eigenvalue weighted by Gasteiger charge is 2.38. The van der Waals surface area contributed by atoms with E-state index in [2.05, 4.69) is 0 Å². The van der Waals surface area contributed by atoms with E-state index in [1.165, 1.54) is 18.2 Å². The van der Waals surface area contributed by atoms with Crippen molar-refractivity contribution in [2.75, 3.05) is 11.0 Å². The molecule has 0 saturated carbocycles. The van der Waals surface area contributed by atoms with Gasteiger partial charge in [-0.2, -0.15) is 0 Å². The monoisotopic (exact) mass is 338 g/mol. The van der Waals surface area contributed by atoms with E-state index in [0.717, 1.165) is 18.4 Å². The highest BCUT2D eigenvalue weighted by Crippen LogP contribution is 2.31. The number of aliphatic hydroxyl groups is 1. The molecule has 1 unspecified atom stereocenters. The molecular formula is C15H15FN2O4S. The number of rotatable bonds is 5. The minimum absolute atomic E-state index is 0.104. The summed E-state index contributed by atoms with van der Waals surface area (Å²) in [5.41, 5.74) is 2.85. The van der Waals surface area contributed by atoms with Gasteiger partial charge in [0.25, 0.3) is 5.91 Å². The second kappa shape index (κ2) is 5.98. The molecule has 0 aromatic heterocycles. The SMILES string of the molecule is CS(=O)(=O)Nc1ccc(C(O)(C(N)=O)c2ccccc2)cc1F. The summed E-state index contributed by atoms with van der Waals surface area (Å²) in [4.78, 5) is 11.8. The van der Waals surface area contributed by atoms with Gasteiger partial charge < -0.3 is 10.8 Å². The zero-order chi connectivity index (χ0) is 17.3. The second-order valence-electron chi connectivity index (χ2n) is 5.01. The van der Waals surface area contributed by atoms with E-state index in [9.17, 15) is 22.7 Å². The number of carbonyl (C=O) groups is 1. The average Bonchev–Trinajstić information content (AvgIpc) is 2.48. The number of carbonyl (C=O) groups excluding carboxylic acids is 1. The summed E-state index contributed by atoms with van der Waals surface area (Å²) in [6.45, 7) is 0. The molecule has 0 heterocycles. The predicted molar refractivity (Wildman–Crippen MR) is 83.5 cm³/mol. The summed E-state index contributed by atoms with van der Waals surface area (Å²) in [5, 5.41) is 10.7. The van der Waals surface area contributed by atoms with Crippen molar-refractivity contribution in [1.29, 1.82) is 0 Å². The van der Waals surface area contributed by atoms with Crippen LogP contribution in [0.2, 0.25) is 0 Å². The summed E-state index contributed by atoms with van der Waals surface area (Å²) in [6.07, 6.45) is 0.879. The molecule has 1 amide bonds. The Kier molecular flexibility index (Phi) is 4.39. The normalized spacial score (nSPS) is 14.0. The summed E-state index contributed by atoms with van der Waals surface area (Å²) in [5.74, 6) is -2.02. The number of hydrogen-bond donors (Lipinski definition) is 3. The molecular weight excluding hydrogens is 323 g/mol. The van der Waals surface area contributed by atoms with Crippen LogP contribution in [0.4, 0.5) is 10.1 Å². The van der Waals surface area contributed by atoms with Crippen LogP contribution in [-0.4, -0.2) is 25.7 Å². The first-order valence-corrected chi connectivity index (χ1v) is 8.39. The minimum Gasteiger partial charge on any atom is -0.372 e. The zero-order valence-electron chi connectivity index (χ0n) is 12.2. The lowest BCUT2D eigenvalue weighted by molar-refractivity contribution is -0.133. The van der Waals surface area contributed by atoms with Gasteiger partial charge in [-0.3, -0.25) is 9.52 Å². The van der Waals surface area contributed by atoms with E-state index in [0.29, 0.717) is 0 Å². The third-order valence-electron chi connectivity index (χ3n) is 3.23. The summed E-state index contributed by atoms with van der Waals surface area (Å²) >= 11 is 0. The highest BCUT2D eigenvalue weighted by molar-refractivity contribution is 7.92. The van der Waals surface area contributed by atoms with Crippen molar-refractivity contribution in [2.24, 2.45) is 5.73 Å². The van der Waals surface area contributed by atoms with Gasteiger partial charge in [-0.25, -0.2) is 12.8 Å². The zero-order valence-corrected chi connectivity index (χ0v) is 13.0. The molecule has 2 rings (SSSR count). The van der Waals surface area contributed by atoms with Crippen molar-refractivity contribution in [3.63, 3.8) is 0 Å². The van der Waals surface area contributed by atoms with Crippen LogP contribution in [0.3, 0.4) is 0 Å². The number of sulfonamides is 1. The number of primary amides is 1. The Morgan fingerprint density at radius 1 is 1.17 bits per heavy atom. The molecule has 23 heavy (non-hydrogen) atoms. The number of nitrogens with one attached hydrogen (secondary N) is 1. The fraction of sp³-hybridized carbons (Fsp3) is 0.133. The molecule has 0 bridgehead atoms. The van der Waals surface area contributed by atoms with Crippen LogP contribution in [0.15, 0.2) is 48.5 Å². The lowest BCUT2D eigenvalue weighted by atomic mass is 9.85. The maximum absolute atomic E-state index is 14.1. The molecule has 4 N–H and O–H groups in total. The van der Waals surface area contributed by atoms with Crippen LogP contribution < -0.4 is 10.5 Å². The van der Waals surface area contributed by atoms with Crippen molar-refractivity contribution in [3.05, 3.63) is 65.5 Å². The predicted octanol–water partition coefficient (Wildman–Crippen LogP) is 0.918. The van der Waals surface area contributed by atoms with E-state index in [1.807, 2.05) is 4.72 Å². The standard InChI is InChI=1S/C15H15FN2O4S/c1-23(21,22)18-13-8-7-11(9-12(13)16)15(20,14(17)19)10-5-3-2-4-6-10/h2-9,18,20H,1H3,(H2,17,19). The van der Waals surface area contributed by atoms with Crippen LogP contribution in [0.25, 0.3) is 0 Å². The van der Waals surface area contributed by atoms with Crippen molar-refractivity contribution < 1.29 is 22.7 Å². The average molecular weight is 338 g/mol. The Bertz CT molecular complexity index is 840. The minimum atomic E-state index is -3.66. The molecule has 122 valence electrons. The maximum atomic E-state index is 14.1. The third kappa shape index (κ3) is 3.49. The number of nitrogens with two attached hydrogens (primary N) is 1. The quantitative estimate of drug-likeness (QED) is 0.753. The Morgan fingerprint density at radius 2 is 1.78 bits per heavy atom. The second-order valence-corrected chi connectivity index (χ2v) is 6.76. The number of halogens is 1. The Balaban J connectivity index is 2.54. The Hall–Kier alpha value is -2.45. The molecule has 2 aromatic rings. The molecule has 2 aromatic carbocycles. The maximum Gasteiger partial charge on any atom is 0.258 e. The van der Waals surface area contributed by atoms with Crippen LogP contribution >= 0.6 is 0 Å². The molecule has 0 saturated heterocycles. The number of hydrogen-bond acceptors (Lipinski definition) is 4. The van der Waals surface area contributed by atoms with E-state index in [4.69, 9.17) is 5.73 Å². The first-order chi connectivity index (χ1) is 10.6. The smallest absolute Gasteiger partial charge is 0.258 e. The molecule has 0 aliphatic rings. The molecule has 1 atom stereocenters. The first kappa shape index (κ1) is 16.9. The number of anilines is 1. The van der Waals surface area contributed by atoms with E-state index in [1.54, 1.807) is 18.2 Å². The molecule has 0 aliphatic carbocycles. The van der Waals surface area contributed by atoms with Crippen LogP contribution in [0, 0.1) is 5.82 Å². The fourth-order valence-corrected chi connectivity index (χ4v) is 2.72. The number of benzene rings is 2. The molecule has 0 fully saturated rings. The summed E-state index contributed by atoms with van der Waals surface area (Å²) in [7, 11) is -3.66. The topological polar surface area (TPSA) is 109 Å². The van der Waals surface area contributed by atoms with Gasteiger partial charge in [0.1, 0.15) is 5.82 Å². The van der Waals surface area contributed by atoms with Crippen molar-refractivity contribution >= 4 is 21.6 Å². The van der Waals surface area contributed by atoms with Crippen LogP contribution in [-0.2, 0) is 20.4 Å². The van der Waals surface area contributed by atoms with Gasteiger partial charge in [0.15, 0.2) is 5.60 Å². The van der Waals surface area contributed by atoms with Gasteiger partial charge in [-0.15, -0.1) is 0 Å².